The number of carbonyl (C=O) groups excluding carboxylic acids is 1. The summed E-state index contributed by atoms with van der Waals surface area (Å²) >= 11 is 0. The first-order valence-electron chi connectivity index (χ1n) is 11.9. The SMILES string of the molecule is O=C(NC(Cc1ccccc1)C(O)C(=O)O)c1ccc(N2CCOCC2)c(-c2ccccc2C(=O)O)c1. The van der Waals surface area contributed by atoms with Crippen molar-refractivity contribution in [3.8, 4) is 11.1 Å². The van der Waals surface area contributed by atoms with Crippen LogP contribution in [0.15, 0.2) is 72.8 Å². The second-order valence-corrected chi connectivity index (χ2v) is 8.73. The molecule has 9 nitrogen and oxygen atoms in total. The summed E-state index contributed by atoms with van der Waals surface area (Å²) in [4.78, 5) is 38.9. The van der Waals surface area contributed by atoms with Gasteiger partial charge in [0.05, 0.1) is 24.8 Å². The highest BCUT2D eigenvalue weighted by Crippen LogP contribution is 2.35. The van der Waals surface area contributed by atoms with Crippen molar-refractivity contribution in [1.82, 2.24) is 5.32 Å². The van der Waals surface area contributed by atoms with Gasteiger partial charge in [-0.15, -0.1) is 0 Å². The average molecular weight is 505 g/mol. The number of carboxylic acid groups (broad SMARTS) is 2. The van der Waals surface area contributed by atoms with Crippen molar-refractivity contribution in [3.63, 3.8) is 0 Å². The van der Waals surface area contributed by atoms with Crippen molar-refractivity contribution >= 4 is 23.5 Å². The van der Waals surface area contributed by atoms with Crippen LogP contribution in [0, 0.1) is 0 Å². The quantitative estimate of drug-likeness (QED) is 0.349. The van der Waals surface area contributed by atoms with Crippen LogP contribution in [0.1, 0.15) is 26.3 Å². The topological polar surface area (TPSA) is 136 Å². The maximum absolute atomic E-state index is 13.3. The third-order valence-corrected chi connectivity index (χ3v) is 6.31. The molecule has 1 saturated heterocycles. The number of rotatable bonds is 9. The minimum Gasteiger partial charge on any atom is -0.479 e. The molecule has 0 radical (unpaired) electrons. The van der Waals surface area contributed by atoms with Crippen molar-refractivity contribution in [1.29, 1.82) is 0 Å². The van der Waals surface area contributed by atoms with Gasteiger partial charge in [0.25, 0.3) is 5.91 Å². The zero-order valence-electron chi connectivity index (χ0n) is 20.0. The molecule has 0 saturated carbocycles. The maximum atomic E-state index is 13.3. The van der Waals surface area contributed by atoms with E-state index in [4.69, 9.17) is 4.74 Å². The molecule has 1 aliphatic rings. The number of hydrogen-bond acceptors (Lipinski definition) is 6. The predicted molar refractivity (Wildman–Crippen MR) is 137 cm³/mol. The number of nitrogens with zero attached hydrogens (tertiary/aromatic N) is 1. The molecule has 1 fully saturated rings. The van der Waals surface area contributed by atoms with Crippen LogP contribution in [-0.2, 0) is 16.0 Å². The van der Waals surface area contributed by atoms with Crippen LogP contribution in [0.25, 0.3) is 11.1 Å². The van der Waals surface area contributed by atoms with E-state index in [1.165, 1.54) is 6.07 Å². The molecule has 1 amide bonds. The minimum absolute atomic E-state index is 0.0952. The third kappa shape index (κ3) is 6.14. The Balaban J connectivity index is 1.70. The van der Waals surface area contributed by atoms with E-state index in [1.54, 1.807) is 60.7 Å². The van der Waals surface area contributed by atoms with Crippen LogP contribution in [0.3, 0.4) is 0 Å². The number of aliphatic hydroxyl groups excluding tert-OH is 1. The number of aliphatic carboxylic acids is 1. The molecule has 0 aliphatic carbocycles. The summed E-state index contributed by atoms with van der Waals surface area (Å²) < 4.78 is 5.45. The van der Waals surface area contributed by atoms with E-state index in [2.05, 4.69) is 10.2 Å². The average Bonchev–Trinajstić information content (AvgIpc) is 2.92. The van der Waals surface area contributed by atoms with E-state index >= 15 is 0 Å². The zero-order chi connectivity index (χ0) is 26.4. The van der Waals surface area contributed by atoms with Crippen LogP contribution in [-0.4, -0.2) is 71.6 Å². The van der Waals surface area contributed by atoms with Gasteiger partial charge >= 0.3 is 11.9 Å². The number of carboxylic acids is 2. The van der Waals surface area contributed by atoms with Gasteiger partial charge in [-0.2, -0.15) is 0 Å². The summed E-state index contributed by atoms with van der Waals surface area (Å²) in [7, 11) is 0. The standard InChI is InChI=1S/C28H28N2O7/c31-25(28(35)36)23(16-18-6-2-1-3-7-18)29-26(32)19-10-11-24(30-12-14-37-15-13-30)22(17-19)20-8-4-5-9-21(20)27(33)34/h1-11,17,23,25,31H,12-16H2,(H,29,32)(H,33,34)(H,35,36). The van der Waals surface area contributed by atoms with Gasteiger partial charge in [0.2, 0.25) is 0 Å². The minimum atomic E-state index is -1.82. The second kappa shape index (κ2) is 11.7. The van der Waals surface area contributed by atoms with Gasteiger partial charge in [-0.05, 0) is 41.8 Å². The van der Waals surface area contributed by atoms with Crippen LogP contribution in [0.5, 0.6) is 0 Å². The van der Waals surface area contributed by atoms with Gasteiger partial charge < -0.3 is 30.3 Å². The van der Waals surface area contributed by atoms with Crippen molar-refractivity contribution < 1.29 is 34.4 Å². The van der Waals surface area contributed by atoms with Crippen LogP contribution in [0.4, 0.5) is 5.69 Å². The molecule has 0 aromatic heterocycles. The van der Waals surface area contributed by atoms with E-state index in [0.29, 0.717) is 37.4 Å². The fourth-order valence-electron chi connectivity index (χ4n) is 4.41. The van der Waals surface area contributed by atoms with Gasteiger partial charge in [-0.1, -0.05) is 48.5 Å². The van der Waals surface area contributed by atoms with Crippen LogP contribution < -0.4 is 10.2 Å². The lowest BCUT2D eigenvalue weighted by molar-refractivity contribution is -0.148. The number of morpholine rings is 1. The molecule has 3 aromatic carbocycles. The van der Waals surface area contributed by atoms with E-state index in [-0.39, 0.29) is 17.5 Å². The zero-order valence-corrected chi connectivity index (χ0v) is 20.0. The summed E-state index contributed by atoms with van der Waals surface area (Å²) in [5.41, 5.74) is 2.84. The van der Waals surface area contributed by atoms with Crippen molar-refractivity contribution in [3.05, 3.63) is 89.5 Å². The molecule has 0 bridgehead atoms. The van der Waals surface area contributed by atoms with Crippen molar-refractivity contribution in [2.75, 3.05) is 31.2 Å². The van der Waals surface area contributed by atoms with Gasteiger partial charge in [-0.3, -0.25) is 4.79 Å². The number of ether oxygens (including phenoxy) is 1. The van der Waals surface area contributed by atoms with E-state index in [1.807, 2.05) is 6.07 Å². The van der Waals surface area contributed by atoms with Gasteiger partial charge in [-0.25, -0.2) is 9.59 Å². The molecule has 0 spiro atoms. The number of nitrogens with one attached hydrogen (secondary N) is 1. The lowest BCUT2D eigenvalue weighted by atomic mass is 9.95. The maximum Gasteiger partial charge on any atom is 0.336 e. The molecule has 4 rings (SSSR count). The third-order valence-electron chi connectivity index (χ3n) is 6.31. The smallest absolute Gasteiger partial charge is 0.336 e. The normalized spacial score (nSPS) is 15.0. The molecule has 1 heterocycles. The first kappa shape index (κ1) is 25.9. The molecule has 3 aromatic rings. The van der Waals surface area contributed by atoms with E-state index < -0.39 is 30.0 Å². The summed E-state index contributed by atoms with van der Waals surface area (Å²) in [6.07, 6.45) is -1.70. The highest BCUT2D eigenvalue weighted by atomic mass is 16.5. The fraction of sp³-hybridized carbons (Fsp3) is 0.250. The number of benzene rings is 3. The Morgan fingerprint density at radius 2 is 1.57 bits per heavy atom. The van der Waals surface area contributed by atoms with Crippen molar-refractivity contribution in [2.24, 2.45) is 0 Å². The summed E-state index contributed by atoms with van der Waals surface area (Å²) in [6, 6.07) is 19.4. The molecule has 2 atom stereocenters. The second-order valence-electron chi connectivity index (χ2n) is 8.73. The molecule has 4 N–H and O–H groups in total. The number of amides is 1. The van der Waals surface area contributed by atoms with E-state index in [0.717, 1.165) is 11.3 Å². The summed E-state index contributed by atoms with van der Waals surface area (Å²) in [5.74, 6) is -3.12. The molecule has 1 aliphatic heterocycles. The predicted octanol–water partition coefficient (Wildman–Crippen LogP) is 2.68. The lowest BCUT2D eigenvalue weighted by Gasteiger charge is -2.31. The Morgan fingerprint density at radius 1 is 0.892 bits per heavy atom. The Morgan fingerprint density at radius 3 is 2.24 bits per heavy atom. The van der Waals surface area contributed by atoms with Crippen LogP contribution in [0.2, 0.25) is 0 Å². The number of hydrogen-bond donors (Lipinski definition) is 4. The van der Waals surface area contributed by atoms with Gasteiger partial charge in [0, 0.05) is 29.9 Å². The highest BCUT2D eigenvalue weighted by molar-refractivity contribution is 6.01. The van der Waals surface area contributed by atoms with E-state index in [9.17, 15) is 29.7 Å². The molecule has 192 valence electrons. The summed E-state index contributed by atoms with van der Waals surface area (Å²) in [6.45, 7) is 2.27. The number of aromatic carboxylic acids is 1. The van der Waals surface area contributed by atoms with Crippen LogP contribution >= 0.6 is 0 Å². The molecule has 9 heteroatoms. The number of carbonyl (C=O) groups is 3. The monoisotopic (exact) mass is 504 g/mol. The molecular formula is C28H28N2O7. The number of aliphatic hydroxyl groups is 1. The Bertz CT molecular complexity index is 1270. The Hall–Kier alpha value is -4.21. The molecular weight excluding hydrogens is 476 g/mol. The van der Waals surface area contributed by atoms with Crippen molar-refractivity contribution in [2.45, 2.75) is 18.6 Å². The first-order valence-corrected chi connectivity index (χ1v) is 11.9. The lowest BCUT2D eigenvalue weighted by Crippen LogP contribution is -2.48. The Kier molecular flexibility index (Phi) is 8.17. The first-order chi connectivity index (χ1) is 17.8. The molecule has 2 unspecified atom stereocenters. The number of anilines is 1. The Labute approximate surface area is 213 Å². The van der Waals surface area contributed by atoms with Gasteiger partial charge in [0.15, 0.2) is 6.10 Å². The summed E-state index contributed by atoms with van der Waals surface area (Å²) in [5, 5.41) is 32.1. The van der Waals surface area contributed by atoms with Gasteiger partial charge in [0.1, 0.15) is 0 Å². The highest BCUT2D eigenvalue weighted by Gasteiger charge is 2.28. The molecule has 37 heavy (non-hydrogen) atoms. The fourth-order valence-corrected chi connectivity index (χ4v) is 4.41. The largest absolute Gasteiger partial charge is 0.479 e.